The van der Waals surface area contributed by atoms with Gasteiger partial charge in [-0.2, -0.15) is 0 Å². The smallest absolute Gasteiger partial charge is 0.497 e. The van der Waals surface area contributed by atoms with Crippen LogP contribution in [0.4, 0.5) is 13.2 Å². The second kappa shape index (κ2) is 8.21. The number of methoxy groups -OCH3 is 1. The van der Waals surface area contributed by atoms with Crippen molar-refractivity contribution >= 4 is 16.7 Å². The van der Waals surface area contributed by atoms with Crippen molar-refractivity contribution in [2.24, 2.45) is 0 Å². The lowest BCUT2D eigenvalue weighted by Gasteiger charge is -2.11. The summed E-state index contributed by atoms with van der Waals surface area (Å²) in [5, 5.41) is 4.90. The molecule has 1 amide bonds. The molecule has 3 rings (SSSR count). The first-order valence-electron chi connectivity index (χ1n) is 8.55. The summed E-state index contributed by atoms with van der Waals surface area (Å²) in [7, 11) is 1.61. The normalized spacial score (nSPS) is 11.3. The van der Waals surface area contributed by atoms with Crippen LogP contribution < -0.4 is 14.8 Å². The molecule has 4 nitrogen and oxygen atoms in total. The fourth-order valence-corrected chi connectivity index (χ4v) is 2.88. The number of halogens is 3. The summed E-state index contributed by atoms with van der Waals surface area (Å²) in [6, 6.07) is 16.5. The molecule has 0 saturated heterocycles. The Morgan fingerprint density at radius 3 is 2.39 bits per heavy atom. The molecule has 0 aromatic heterocycles. The minimum absolute atomic E-state index is 0.258. The van der Waals surface area contributed by atoms with Crippen molar-refractivity contribution in [2.75, 3.05) is 13.7 Å². The maximum absolute atomic E-state index is 12.2. The van der Waals surface area contributed by atoms with E-state index in [1.165, 1.54) is 12.1 Å². The molecule has 146 valence electrons. The Morgan fingerprint density at radius 1 is 1.00 bits per heavy atom. The second-order valence-electron chi connectivity index (χ2n) is 6.08. The van der Waals surface area contributed by atoms with Gasteiger partial charge in [0.2, 0.25) is 0 Å². The molecule has 0 fully saturated rings. The highest BCUT2D eigenvalue weighted by molar-refractivity contribution is 5.94. The summed E-state index contributed by atoms with van der Waals surface area (Å²) in [5.74, 6) is 0.0234. The van der Waals surface area contributed by atoms with Gasteiger partial charge in [-0.25, -0.2) is 0 Å². The van der Waals surface area contributed by atoms with Gasteiger partial charge in [-0.15, -0.1) is 13.2 Å². The molecular weight excluding hydrogens is 371 g/mol. The Labute approximate surface area is 159 Å². The van der Waals surface area contributed by atoms with Crippen molar-refractivity contribution < 1.29 is 27.4 Å². The third-order valence-electron chi connectivity index (χ3n) is 4.21. The van der Waals surface area contributed by atoms with Crippen LogP contribution in [0.15, 0.2) is 60.7 Å². The number of rotatable bonds is 6. The first-order chi connectivity index (χ1) is 13.4. The summed E-state index contributed by atoms with van der Waals surface area (Å²) < 4.78 is 45.6. The third kappa shape index (κ3) is 4.94. The Kier molecular flexibility index (Phi) is 5.73. The van der Waals surface area contributed by atoms with E-state index in [1.54, 1.807) is 7.11 Å². The van der Waals surface area contributed by atoms with Crippen molar-refractivity contribution in [1.29, 1.82) is 0 Å². The van der Waals surface area contributed by atoms with Gasteiger partial charge in [-0.05, 0) is 59.2 Å². The minimum Gasteiger partial charge on any atom is -0.497 e. The number of alkyl halides is 3. The van der Waals surface area contributed by atoms with E-state index >= 15 is 0 Å². The summed E-state index contributed by atoms with van der Waals surface area (Å²) in [6.07, 6.45) is -4.16. The van der Waals surface area contributed by atoms with E-state index in [0.29, 0.717) is 13.0 Å². The van der Waals surface area contributed by atoms with E-state index in [1.807, 2.05) is 36.4 Å². The number of carbonyl (C=O) groups excluding carboxylic acids is 1. The van der Waals surface area contributed by atoms with Crippen LogP contribution in [0.25, 0.3) is 10.8 Å². The van der Waals surface area contributed by atoms with Gasteiger partial charge in [0, 0.05) is 12.1 Å². The Morgan fingerprint density at radius 2 is 1.71 bits per heavy atom. The molecule has 0 saturated carbocycles. The number of hydrogen-bond donors (Lipinski definition) is 1. The highest BCUT2D eigenvalue weighted by Gasteiger charge is 2.31. The van der Waals surface area contributed by atoms with Crippen LogP contribution >= 0.6 is 0 Å². The molecule has 0 aliphatic heterocycles. The Balaban J connectivity index is 1.62. The lowest BCUT2D eigenvalue weighted by atomic mass is 10.0. The second-order valence-corrected chi connectivity index (χ2v) is 6.08. The molecule has 28 heavy (non-hydrogen) atoms. The SMILES string of the molecule is COc1ccc2cccc(CCNC(=O)c3ccc(OC(F)(F)F)cc3)c2c1. The van der Waals surface area contributed by atoms with Crippen molar-refractivity contribution in [2.45, 2.75) is 12.8 Å². The standard InChI is InChI=1S/C21H18F3NO3/c1-27-18-10-5-14-3-2-4-15(19(14)13-18)11-12-25-20(26)16-6-8-17(9-7-16)28-21(22,23)24/h2-10,13H,11-12H2,1H3,(H,25,26). The number of nitrogens with one attached hydrogen (secondary N) is 1. The van der Waals surface area contributed by atoms with Gasteiger partial charge in [0.05, 0.1) is 7.11 Å². The van der Waals surface area contributed by atoms with Crippen LogP contribution in [0.2, 0.25) is 0 Å². The highest BCUT2D eigenvalue weighted by Crippen LogP contribution is 2.25. The first kappa shape index (κ1) is 19.5. The Hall–Kier alpha value is -3.22. The van der Waals surface area contributed by atoms with Crippen LogP contribution in [0, 0.1) is 0 Å². The van der Waals surface area contributed by atoms with Crippen LogP contribution in [0.1, 0.15) is 15.9 Å². The maximum Gasteiger partial charge on any atom is 0.573 e. The summed E-state index contributed by atoms with van der Waals surface area (Å²) in [4.78, 5) is 12.2. The molecule has 0 radical (unpaired) electrons. The first-order valence-corrected chi connectivity index (χ1v) is 8.55. The van der Waals surface area contributed by atoms with Gasteiger partial charge >= 0.3 is 6.36 Å². The van der Waals surface area contributed by atoms with Crippen LogP contribution in [-0.2, 0) is 6.42 Å². The predicted molar refractivity (Wildman–Crippen MR) is 99.7 cm³/mol. The van der Waals surface area contributed by atoms with E-state index in [2.05, 4.69) is 10.1 Å². The summed E-state index contributed by atoms with van der Waals surface area (Å²) in [6.45, 7) is 0.385. The maximum atomic E-state index is 12.2. The van der Waals surface area contributed by atoms with E-state index in [-0.39, 0.29) is 17.2 Å². The van der Waals surface area contributed by atoms with E-state index in [4.69, 9.17) is 4.74 Å². The quantitative estimate of drug-likeness (QED) is 0.664. The monoisotopic (exact) mass is 389 g/mol. The fourth-order valence-electron chi connectivity index (χ4n) is 2.88. The average molecular weight is 389 g/mol. The molecule has 1 N–H and O–H groups in total. The van der Waals surface area contributed by atoms with E-state index in [9.17, 15) is 18.0 Å². The van der Waals surface area contributed by atoms with Gasteiger partial charge in [0.15, 0.2) is 0 Å². The van der Waals surface area contributed by atoms with Crippen LogP contribution in [0.5, 0.6) is 11.5 Å². The van der Waals surface area contributed by atoms with Crippen molar-refractivity contribution in [1.82, 2.24) is 5.32 Å². The fraction of sp³-hybridized carbons (Fsp3) is 0.190. The summed E-state index contributed by atoms with van der Waals surface area (Å²) >= 11 is 0. The predicted octanol–water partition coefficient (Wildman–Crippen LogP) is 4.72. The molecule has 0 unspecified atom stereocenters. The Bertz CT molecular complexity index is 969. The molecule has 3 aromatic carbocycles. The van der Waals surface area contributed by atoms with Crippen molar-refractivity contribution in [3.8, 4) is 11.5 Å². The third-order valence-corrected chi connectivity index (χ3v) is 4.21. The lowest BCUT2D eigenvalue weighted by Crippen LogP contribution is -2.25. The van der Waals surface area contributed by atoms with Crippen LogP contribution in [0.3, 0.4) is 0 Å². The van der Waals surface area contributed by atoms with Crippen molar-refractivity contribution in [3.63, 3.8) is 0 Å². The number of carbonyl (C=O) groups is 1. The molecular formula is C21H18F3NO3. The zero-order chi connectivity index (χ0) is 20.1. The number of amides is 1. The average Bonchev–Trinajstić information content (AvgIpc) is 2.67. The van der Waals surface area contributed by atoms with Gasteiger partial charge in [-0.1, -0.05) is 24.3 Å². The topological polar surface area (TPSA) is 47.6 Å². The molecule has 0 atom stereocenters. The summed E-state index contributed by atoms with van der Waals surface area (Å²) in [5.41, 5.74) is 1.32. The number of benzene rings is 3. The van der Waals surface area contributed by atoms with E-state index in [0.717, 1.165) is 34.2 Å². The van der Waals surface area contributed by atoms with Gasteiger partial charge in [0.1, 0.15) is 11.5 Å². The lowest BCUT2D eigenvalue weighted by molar-refractivity contribution is -0.274. The number of ether oxygens (including phenoxy) is 2. The zero-order valence-electron chi connectivity index (χ0n) is 15.0. The van der Waals surface area contributed by atoms with Gasteiger partial charge < -0.3 is 14.8 Å². The largest absolute Gasteiger partial charge is 0.573 e. The van der Waals surface area contributed by atoms with Gasteiger partial charge in [0.25, 0.3) is 5.91 Å². The molecule has 7 heteroatoms. The van der Waals surface area contributed by atoms with E-state index < -0.39 is 6.36 Å². The van der Waals surface area contributed by atoms with Crippen LogP contribution in [-0.4, -0.2) is 25.9 Å². The molecule has 3 aromatic rings. The number of fused-ring (bicyclic) bond motifs is 1. The molecule has 0 bridgehead atoms. The minimum atomic E-state index is -4.76. The van der Waals surface area contributed by atoms with Crippen molar-refractivity contribution in [3.05, 3.63) is 71.8 Å². The highest BCUT2D eigenvalue weighted by atomic mass is 19.4. The molecule has 0 aliphatic rings. The zero-order valence-corrected chi connectivity index (χ0v) is 15.0. The molecule has 0 heterocycles. The molecule has 0 aliphatic carbocycles. The van der Waals surface area contributed by atoms with Gasteiger partial charge in [-0.3, -0.25) is 4.79 Å². The number of hydrogen-bond acceptors (Lipinski definition) is 3. The molecule has 0 spiro atoms.